The molecule has 0 N–H and O–H groups in total. The summed E-state index contributed by atoms with van der Waals surface area (Å²) in [7, 11) is 0. The molecular weight excluding hydrogens is 440 g/mol. The Labute approximate surface area is 210 Å². The molecule has 0 radical (unpaired) electrons. The number of hydrogen-bond acceptors (Lipinski definition) is 3. The van der Waals surface area contributed by atoms with Crippen LogP contribution in [0.5, 0.6) is 5.75 Å². The molecule has 3 aromatic rings. The summed E-state index contributed by atoms with van der Waals surface area (Å²) in [5.74, 6) is 1.42. The van der Waals surface area contributed by atoms with Gasteiger partial charge in [-0.3, -0.25) is 4.90 Å². The maximum Gasteiger partial charge on any atom is 0.126 e. The van der Waals surface area contributed by atoms with Gasteiger partial charge < -0.3 is 9.64 Å². The highest BCUT2D eigenvalue weighted by Gasteiger charge is 2.21. The molecule has 1 atom stereocenters. The van der Waals surface area contributed by atoms with Gasteiger partial charge in [-0.1, -0.05) is 80.0 Å². The summed E-state index contributed by atoms with van der Waals surface area (Å²) < 4.78 is 6.57. The number of ether oxygens (including phenoxy) is 1. The van der Waals surface area contributed by atoms with E-state index in [-0.39, 0.29) is 6.10 Å². The third-order valence-electron chi connectivity index (χ3n) is 6.82. The number of nitrogens with zero attached hydrogens (tertiary/aromatic N) is 2. The van der Waals surface area contributed by atoms with E-state index in [1.807, 2.05) is 18.2 Å². The van der Waals surface area contributed by atoms with Crippen molar-refractivity contribution in [1.29, 1.82) is 0 Å². The molecule has 0 amide bonds. The molecule has 1 heterocycles. The summed E-state index contributed by atoms with van der Waals surface area (Å²) in [6.07, 6.45) is 0.841. The third-order valence-corrected chi connectivity index (χ3v) is 7.16. The number of piperazine rings is 1. The van der Waals surface area contributed by atoms with Crippen molar-refractivity contribution in [3.05, 3.63) is 100 Å². The van der Waals surface area contributed by atoms with E-state index >= 15 is 0 Å². The first-order chi connectivity index (χ1) is 16.5. The molecule has 3 nitrogen and oxygen atoms in total. The molecule has 0 aromatic heterocycles. The van der Waals surface area contributed by atoms with Gasteiger partial charge in [0.1, 0.15) is 11.9 Å². The minimum absolute atomic E-state index is 0.0691. The zero-order valence-corrected chi connectivity index (χ0v) is 21.5. The highest BCUT2D eigenvalue weighted by molar-refractivity contribution is 6.31. The van der Waals surface area contributed by atoms with Crippen LogP contribution < -0.4 is 4.74 Å². The largest absolute Gasteiger partial charge is 0.486 e. The Morgan fingerprint density at radius 1 is 0.824 bits per heavy atom. The summed E-state index contributed by atoms with van der Waals surface area (Å²) in [4.78, 5) is 5.11. The molecule has 1 unspecified atom stereocenters. The van der Waals surface area contributed by atoms with Crippen LogP contribution in [-0.2, 0) is 6.54 Å². The monoisotopic (exact) mass is 476 g/mol. The van der Waals surface area contributed by atoms with Crippen LogP contribution in [0.15, 0.2) is 72.8 Å². The first-order valence-electron chi connectivity index (χ1n) is 12.5. The average Bonchev–Trinajstić information content (AvgIpc) is 2.83. The predicted molar refractivity (Wildman–Crippen MR) is 143 cm³/mol. The summed E-state index contributed by atoms with van der Waals surface area (Å²) in [5.41, 5.74) is 5.11. The van der Waals surface area contributed by atoms with Gasteiger partial charge in [0, 0.05) is 56.3 Å². The Bertz CT molecular complexity index is 1040. The van der Waals surface area contributed by atoms with Crippen LogP contribution in [-0.4, -0.2) is 42.5 Å². The summed E-state index contributed by atoms with van der Waals surface area (Å²) in [6, 6.07) is 25.3. The van der Waals surface area contributed by atoms with Gasteiger partial charge in [-0.15, -0.1) is 0 Å². The zero-order valence-electron chi connectivity index (χ0n) is 20.7. The van der Waals surface area contributed by atoms with Crippen LogP contribution in [0.3, 0.4) is 0 Å². The Balaban J connectivity index is 1.38. The smallest absolute Gasteiger partial charge is 0.126 e. The van der Waals surface area contributed by atoms with Crippen molar-refractivity contribution >= 4 is 11.6 Å². The second-order valence-corrected chi connectivity index (χ2v) is 10.1. The van der Waals surface area contributed by atoms with Gasteiger partial charge in [0.05, 0.1) is 0 Å². The molecule has 34 heavy (non-hydrogen) atoms. The van der Waals surface area contributed by atoms with Crippen molar-refractivity contribution in [3.8, 4) is 5.75 Å². The SMILES string of the molecule is Cc1cc(OC(CCN2CCN(Cc3ccccc3)CC2)c2ccccc2Cl)ccc1C(C)C. The molecule has 0 bridgehead atoms. The molecule has 4 heteroatoms. The summed E-state index contributed by atoms with van der Waals surface area (Å²) in [5, 5.41) is 0.774. The van der Waals surface area contributed by atoms with E-state index in [0.717, 1.165) is 62.0 Å². The fraction of sp³-hybridized carbons (Fsp3) is 0.400. The molecule has 180 valence electrons. The van der Waals surface area contributed by atoms with Gasteiger partial charge in [0.25, 0.3) is 0 Å². The van der Waals surface area contributed by atoms with E-state index in [2.05, 4.69) is 85.2 Å². The second kappa shape index (κ2) is 11.9. The van der Waals surface area contributed by atoms with Crippen LogP contribution in [0.1, 0.15) is 54.5 Å². The van der Waals surface area contributed by atoms with E-state index in [1.165, 1.54) is 16.7 Å². The van der Waals surface area contributed by atoms with Crippen molar-refractivity contribution < 1.29 is 4.74 Å². The first-order valence-corrected chi connectivity index (χ1v) is 12.9. The number of hydrogen-bond donors (Lipinski definition) is 0. The summed E-state index contributed by atoms with van der Waals surface area (Å²) >= 11 is 6.60. The minimum Gasteiger partial charge on any atom is -0.486 e. The zero-order chi connectivity index (χ0) is 23.9. The number of benzene rings is 3. The van der Waals surface area contributed by atoms with Crippen LogP contribution in [0, 0.1) is 6.92 Å². The standard InChI is InChI=1S/C30H37ClN2O/c1-23(2)27-14-13-26(21-24(27)3)34-30(28-11-7-8-12-29(28)31)15-16-32-17-19-33(20-18-32)22-25-9-5-4-6-10-25/h4-14,21,23,30H,15-20,22H2,1-3H3. The van der Waals surface area contributed by atoms with Crippen molar-refractivity contribution in [3.63, 3.8) is 0 Å². The number of rotatable bonds is 9. The predicted octanol–water partition coefficient (Wildman–Crippen LogP) is 7.10. The molecule has 0 aliphatic carbocycles. The Morgan fingerprint density at radius 2 is 1.50 bits per heavy atom. The average molecular weight is 477 g/mol. The van der Waals surface area contributed by atoms with E-state index in [1.54, 1.807) is 0 Å². The number of aryl methyl sites for hydroxylation is 1. The van der Waals surface area contributed by atoms with Gasteiger partial charge in [0.2, 0.25) is 0 Å². The van der Waals surface area contributed by atoms with Gasteiger partial charge in [-0.25, -0.2) is 0 Å². The lowest BCUT2D eigenvalue weighted by atomic mass is 9.98. The van der Waals surface area contributed by atoms with Crippen molar-refractivity contribution in [2.24, 2.45) is 0 Å². The first kappa shape index (κ1) is 24.8. The normalized spacial score (nSPS) is 16.0. The van der Waals surface area contributed by atoms with Crippen LogP contribution in [0.2, 0.25) is 5.02 Å². The molecule has 1 aliphatic rings. The lowest BCUT2D eigenvalue weighted by Crippen LogP contribution is -2.46. The highest BCUT2D eigenvalue weighted by atomic mass is 35.5. The maximum absolute atomic E-state index is 6.60. The Hall–Kier alpha value is -2.33. The second-order valence-electron chi connectivity index (χ2n) is 9.69. The van der Waals surface area contributed by atoms with Gasteiger partial charge in [-0.2, -0.15) is 0 Å². The Kier molecular flexibility index (Phi) is 8.66. The fourth-order valence-corrected chi connectivity index (χ4v) is 5.12. The van der Waals surface area contributed by atoms with E-state index in [0.29, 0.717) is 5.92 Å². The highest BCUT2D eigenvalue weighted by Crippen LogP contribution is 2.32. The van der Waals surface area contributed by atoms with Crippen LogP contribution in [0.25, 0.3) is 0 Å². The molecular formula is C30H37ClN2O. The van der Waals surface area contributed by atoms with Crippen molar-refractivity contribution in [2.45, 2.75) is 45.8 Å². The molecule has 1 aliphatic heterocycles. The molecule has 0 saturated carbocycles. The lowest BCUT2D eigenvalue weighted by molar-refractivity contribution is 0.107. The quantitative estimate of drug-likeness (QED) is 0.327. The Morgan fingerprint density at radius 3 is 2.18 bits per heavy atom. The molecule has 1 fully saturated rings. The molecule has 0 spiro atoms. The van der Waals surface area contributed by atoms with Crippen molar-refractivity contribution in [1.82, 2.24) is 9.80 Å². The number of halogens is 1. The van der Waals surface area contributed by atoms with Crippen LogP contribution >= 0.6 is 11.6 Å². The van der Waals surface area contributed by atoms with Gasteiger partial charge >= 0.3 is 0 Å². The van der Waals surface area contributed by atoms with E-state index in [4.69, 9.17) is 16.3 Å². The molecule has 1 saturated heterocycles. The van der Waals surface area contributed by atoms with Crippen LogP contribution in [0.4, 0.5) is 0 Å². The van der Waals surface area contributed by atoms with E-state index < -0.39 is 0 Å². The third kappa shape index (κ3) is 6.63. The molecule has 4 rings (SSSR count). The lowest BCUT2D eigenvalue weighted by Gasteiger charge is -2.35. The summed E-state index contributed by atoms with van der Waals surface area (Å²) in [6.45, 7) is 13.0. The fourth-order valence-electron chi connectivity index (χ4n) is 4.86. The maximum atomic E-state index is 6.60. The minimum atomic E-state index is -0.0691. The molecule has 3 aromatic carbocycles. The van der Waals surface area contributed by atoms with Crippen molar-refractivity contribution in [2.75, 3.05) is 32.7 Å². The van der Waals surface area contributed by atoms with Gasteiger partial charge in [-0.05, 0) is 47.7 Å². The van der Waals surface area contributed by atoms with E-state index in [9.17, 15) is 0 Å². The topological polar surface area (TPSA) is 15.7 Å². The van der Waals surface area contributed by atoms with Gasteiger partial charge in [0.15, 0.2) is 0 Å².